The molecule has 2 aromatic carbocycles. The lowest BCUT2D eigenvalue weighted by molar-refractivity contribution is -0.142. The van der Waals surface area contributed by atoms with E-state index in [1.54, 1.807) is 6.20 Å². The Bertz CT molecular complexity index is 1060. The Balaban J connectivity index is 1.44. The lowest BCUT2D eigenvalue weighted by Crippen LogP contribution is -2.42. The van der Waals surface area contributed by atoms with E-state index in [0.29, 0.717) is 29.7 Å². The van der Waals surface area contributed by atoms with Gasteiger partial charge in [-0.3, -0.25) is 4.79 Å². The molecule has 0 saturated heterocycles. The monoisotopic (exact) mass is 391 g/mol. The SMILES string of the molecule is O=C(O)C1(Sc2nccc(Nc3ccc(C4CC4)c4ccccc34)n2)CCC1. The molecular weight excluding hydrogens is 370 g/mol. The van der Waals surface area contributed by atoms with Crippen LogP contribution in [0.15, 0.2) is 53.8 Å². The summed E-state index contributed by atoms with van der Waals surface area (Å²) in [5.41, 5.74) is 2.43. The standard InChI is InChI=1S/C22H21N3O2S/c26-20(27)22(11-3-12-22)28-21-23-13-10-19(25-21)24-18-9-8-15(14-6-7-14)16-4-1-2-5-17(16)18/h1-2,4-5,8-10,13-14H,3,6-7,11-12H2,(H,26,27)(H,23,24,25). The Kier molecular flexibility index (Phi) is 4.23. The van der Waals surface area contributed by atoms with Gasteiger partial charge in [-0.2, -0.15) is 0 Å². The fourth-order valence-electron chi connectivity index (χ4n) is 3.81. The molecule has 3 aromatic rings. The van der Waals surface area contributed by atoms with Crippen molar-refractivity contribution >= 4 is 40.0 Å². The second kappa shape index (κ2) is 6.78. The Morgan fingerprint density at radius 2 is 1.89 bits per heavy atom. The van der Waals surface area contributed by atoms with Gasteiger partial charge in [0.1, 0.15) is 10.6 Å². The summed E-state index contributed by atoms with van der Waals surface area (Å²) in [6.45, 7) is 0. The van der Waals surface area contributed by atoms with Crippen LogP contribution in [0.4, 0.5) is 11.5 Å². The number of anilines is 2. The highest BCUT2D eigenvalue weighted by molar-refractivity contribution is 8.01. The van der Waals surface area contributed by atoms with Gasteiger partial charge in [0.25, 0.3) is 0 Å². The number of carbonyl (C=O) groups is 1. The quantitative estimate of drug-likeness (QED) is 0.552. The van der Waals surface area contributed by atoms with Crippen molar-refractivity contribution in [2.45, 2.75) is 47.9 Å². The number of fused-ring (bicyclic) bond motifs is 1. The molecule has 6 heteroatoms. The van der Waals surface area contributed by atoms with Crippen molar-refractivity contribution in [1.29, 1.82) is 0 Å². The topological polar surface area (TPSA) is 75.1 Å². The Morgan fingerprint density at radius 1 is 1.11 bits per heavy atom. The Labute approximate surface area is 167 Å². The van der Waals surface area contributed by atoms with Gasteiger partial charge in [0.15, 0.2) is 5.16 Å². The van der Waals surface area contributed by atoms with Crippen LogP contribution in [0.5, 0.6) is 0 Å². The van der Waals surface area contributed by atoms with E-state index >= 15 is 0 Å². The summed E-state index contributed by atoms with van der Waals surface area (Å²) >= 11 is 1.27. The number of aliphatic carboxylic acids is 1. The molecule has 0 radical (unpaired) electrons. The van der Waals surface area contributed by atoms with Crippen LogP contribution in [0.3, 0.4) is 0 Å². The van der Waals surface area contributed by atoms with E-state index < -0.39 is 10.7 Å². The number of hydrogen-bond acceptors (Lipinski definition) is 5. The molecule has 5 nitrogen and oxygen atoms in total. The van der Waals surface area contributed by atoms with Gasteiger partial charge in [-0.15, -0.1) is 0 Å². The van der Waals surface area contributed by atoms with Crippen LogP contribution in [-0.4, -0.2) is 25.8 Å². The first kappa shape index (κ1) is 17.5. The number of nitrogens with one attached hydrogen (secondary N) is 1. The minimum Gasteiger partial charge on any atom is -0.480 e. The number of nitrogens with zero attached hydrogens (tertiary/aromatic N) is 2. The van der Waals surface area contributed by atoms with Gasteiger partial charge in [0.05, 0.1) is 0 Å². The molecule has 2 aliphatic rings. The van der Waals surface area contributed by atoms with E-state index in [1.807, 2.05) is 6.07 Å². The molecule has 5 rings (SSSR count). The minimum absolute atomic E-state index is 0.506. The molecular formula is C22H21N3O2S. The van der Waals surface area contributed by atoms with Crippen molar-refractivity contribution in [1.82, 2.24) is 9.97 Å². The summed E-state index contributed by atoms with van der Waals surface area (Å²) in [4.78, 5) is 20.5. The highest BCUT2D eigenvalue weighted by Crippen LogP contribution is 2.47. The first-order chi connectivity index (χ1) is 13.6. The van der Waals surface area contributed by atoms with E-state index in [2.05, 4.69) is 51.7 Å². The molecule has 0 unspecified atom stereocenters. The molecule has 142 valence electrons. The van der Waals surface area contributed by atoms with Crippen LogP contribution in [-0.2, 0) is 4.79 Å². The third-order valence-corrected chi connectivity index (χ3v) is 7.06. The maximum Gasteiger partial charge on any atom is 0.320 e. The van der Waals surface area contributed by atoms with Gasteiger partial charge in [0.2, 0.25) is 0 Å². The van der Waals surface area contributed by atoms with Gasteiger partial charge in [-0.05, 0) is 61.1 Å². The van der Waals surface area contributed by atoms with E-state index in [0.717, 1.165) is 12.1 Å². The van der Waals surface area contributed by atoms with Gasteiger partial charge in [-0.1, -0.05) is 42.1 Å². The lowest BCUT2D eigenvalue weighted by Gasteiger charge is -2.35. The van der Waals surface area contributed by atoms with Crippen molar-refractivity contribution in [2.75, 3.05) is 5.32 Å². The number of hydrogen-bond donors (Lipinski definition) is 2. The molecule has 2 saturated carbocycles. The van der Waals surface area contributed by atoms with Crippen molar-refractivity contribution in [3.05, 3.63) is 54.2 Å². The van der Waals surface area contributed by atoms with Crippen LogP contribution >= 0.6 is 11.8 Å². The van der Waals surface area contributed by atoms with Crippen molar-refractivity contribution < 1.29 is 9.90 Å². The van der Waals surface area contributed by atoms with E-state index in [-0.39, 0.29) is 0 Å². The highest BCUT2D eigenvalue weighted by atomic mass is 32.2. The maximum absolute atomic E-state index is 11.6. The molecule has 0 bridgehead atoms. The number of benzene rings is 2. The molecule has 0 atom stereocenters. The fourth-order valence-corrected chi connectivity index (χ4v) is 5.00. The average molecular weight is 391 g/mol. The zero-order chi connectivity index (χ0) is 19.1. The third-order valence-electron chi connectivity index (χ3n) is 5.71. The summed E-state index contributed by atoms with van der Waals surface area (Å²) in [5, 5.41) is 15.9. The summed E-state index contributed by atoms with van der Waals surface area (Å²) < 4.78 is -0.767. The summed E-state index contributed by atoms with van der Waals surface area (Å²) in [6, 6.07) is 14.6. The fraction of sp³-hybridized carbons (Fsp3) is 0.318. The molecule has 2 fully saturated rings. The summed E-state index contributed by atoms with van der Waals surface area (Å²) in [6.07, 6.45) is 6.51. The van der Waals surface area contributed by atoms with Gasteiger partial charge < -0.3 is 10.4 Å². The van der Waals surface area contributed by atoms with Gasteiger partial charge in [0, 0.05) is 17.3 Å². The molecule has 2 aliphatic carbocycles. The van der Waals surface area contributed by atoms with E-state index in [9.17, 15) is 9.90 Å². The van der Waals surface area contributed by atoms with Crippen LogP contribution in [0, 0.1) is 0 Å². The van der Waals surface area contributed by atoms with Gasteiger partial charge in [-0.25, -0.2) is 9.97 Å². The number of aromatic nitrogens is 2. The normalized spacial score (nSPS) is 17.9. The second-order valence-corrected chi connectivity index (χ2v) is 8.98. The van der Waals surface area contributed by atoms with Crippen LogP contribution in [0.25, 0.3) is 10.8 Å². The van der Waals surface area contributed by atoms with Crippen LogP contribution < -0.4 is 5.32 Å². The van der Waals surface area contributed by atoms with Gasteiger partial charge >= 0.3 is 5.97 Å². The summed E-state index contributed by atoms with van der Waals surface area (Å²) in [5.74, 6) is 0.602. The number of rotatable bonds is 6. The number of carboxylic acid groups (broad SMARTS) is 1. The number of thioether (sulfide) groups is 1. The van der Waals surface area contributed by atoms with Crippen molar-refractivity contribution in [2.24, 2.45) is 0 Å². The lowest BCUT2D eigenvalue weighted by atomic mass is 9.84. The largest absolute Gasteiger partial charge is 0.480 e. The Morgan fingerprint density at radius 3 is 2.57 bits per heavy atom. The summed E-state index contributed by atoms with van der Waals surface area (Å²) in [7, 11) is 0. The smallest absolute Gasteiger partial charge is 0.320 e. The third kappa shape index (κ3) is 3.11. The maximum atomic E-state index is 11.6. The predicted molar refractivity (Wildman–Crippen MR) is 111 cm³/mol. The van der Waals surface area contributed by atoms with Crippen molar-refractivity contribution in [3.8, 4) is 0 Å². The molecule has 0 aliphatic heterocycles. The molecule has 2 N–H and O–H groups in total. The number of carboxylic acids is 1. The zero-order valence-electron chi connectivity index (χ0n) is 15.4. The Hall–Kier alpha value is -2.60. The second-order valence-electron chi connectivity index (χ2n) is 7.63. The zero-order valence-corrected chi connectivity index (χ0v) is 16.2. The first-order valence-corrected chi connectivity index (χ1v) is 10.5. The van der Waals surface area contributed by atoms with E-state index in [4.69, 9.17) is 0 Å². The molecule has 1 aromatic heterocycles. The molecule has 1 heterocycles. The predicted octanol–water partition coefficient (Wildman–Crippen LogP) is 5.35. The highest BCUT2D eigenvalue weighted by Gasteiger charge is 2.46. The first-order valence-electron chi connectivity index (χ1n) is 9.69. The molecule has 28 heavy (non-hydrogen) atoms. The molecule has 0 amide bonds. The molecule has 0 spiro atoms. The van der Waals surface area contributed by atoms with E-state index in [1.165, 1.54) is 40.9 Å². The van der Waals surface area contributed by atoms with Crippen LogP contribution in [0.1, 0.15) is 43.6 Å². The average Bonchev–Trinajstić information content (AvgIpc) is 3.50. The van der Waals surface area contributed by atoms with Crippen molar-refractivity contribution in [3.63, 3.8) is 0 Å². The minimum atomic E-state index is -0.771. The van der Waals surface area contributed by atoms with Crippen LogP contribution in [0.2, 0.25) is 0 Å².